The number of ether oxygens (including phenoxy) is 1. The quantitative estimate of drug-likeness (QED) is 0.635. The number of para-hydroxylation sites is 1. The number of aromatic amines is 1. The molecule has 0 saturated carbocycles. The van der Waals surface area contributed by atoms with E-state index in [4.69, 9.17) is 17.0 Å². The van der Waals surface area contributed by atoms with Crippen molar-refractivity contribution in [3.8, 4) is 5.75 Å². The fourth-order valence-corrected chi connectivity index (χ4v) is 1.91. The summed E-state index contributed by atoms with van der Waals surface area (Å²) in [5.41, 5.74) is 0.492. The number of H-pyrrole nitrogens is 1. The minimum absolute atomic E-state index is 0.161. The molecule has 0 fully saturated rings. The summed E-state index contributed by atoms with van der Waals surface area (Å²) in [6.45, 7) is 1.11. The van der Waals surface area contributed by atoms with Crippen LogP contribution in [0.2, 0.25) is 0 Å². The Morgan fingerprint density at radius 2 is 2.00 bits per heavy atom. The first-order valence-electron chi connectivity index (χ1n) is 6.41. The minimum atomic E-state index is -0.161. The zero-order chi connectivity index (χ0) is 14.2. The van der Waals surface area contributed by atoms with Crippen molar-refractivity contribution in [1.29, 1.82) is 0 Å². The second-order valence-corrected chi connectivity index (χ2v) is 4.59. The number of aromatic nitrogens is 1. The zero-order valence-electron chi connectivity index (χ0n) is 11.0. The SMILES string of the molecule is O=C(NCCCOc1ccccc1)c1ccc[nH]c1=S. The molecule has 0 unspecified atom stereocenters. The molecule has 0 aliphatic carbocycles. The van der Waals surface area contributed by atoms with E-state index in [0.717, 1.165) is 12.2 Å². The van der Waals surface area contributed by atoms with Gasteiger partial charge in [-0.25, -0.2) is 0 Å². The van der Waals surface area contributed by atoms with Crippen LogP contribution in [0.4, 0.5) is 0 Å². The largest absolute Gasteiger partial charge is 0.494 e. The van der Waals surface area contributed by atoms with Gasteiger partial charge < -0.3 is 15.0 Å². The van der Waals surface area contributed by atoms with E-state index in [9.17, 15) is 4.79 Å². The van der Waals surface area contributed by atoms with Gasteiger partial charge in [0.15, 0.2) is 0 Å². The van der Waals surface area contributed by atoms with Crippen LogP contribution in [-0.4, -0.2) is 24.0 Å². The molecule has 0 radical (unpaired) electrons. The molecule has 0 bridgehead atoms. The van der Waals surface area contributed by atoms with Crippen molar-refractivity contribution in [3.05, 3.63) is 58.9 Å². The second-order valence-electron chi connectivity index (χ2n) is 4.18. The Kier molecular flexibility index (Phi) is 5.32. The first-order chi connectivity index (χ1) is 9.77. The molecule has 0 aliphatic heterocycles. The number of amides is 1. The normalized spacial score (nSPS) is 10.0. The average molecular weight is 288 g/mol. The fourth-order valence-electron chi connectivity index (χ4n) is 1.68. The molecule has 104 valence electrons. The van der Waals surface area contributed by atoms with Crippen molar-refractivity contribution in [2.75, 3.05) is 13.2 Å². The lowest BCUT2D eigenvalue weighted by molar-refractivity contribution is 0.0950. The number of rotatable bonds is 6. The third-order valence-corrected chi connectivity index (χ3v) is 3.02. The number of nitrogens with one attached hydrogen (secondary N) is 2. The van der Waals surface area contributed by atoms with Gasteiger partial charge in [-0.2, -0.15) is 0 Å². The third kappa shape index (κ3) is 4.20. The van der Waals surface area contributed by atoms with Crippen molar-refractivity contribution in [3.63, 3.8) is 0 Å². The summed E-state index contributed by atoms with van der Waals surface area (Å²) >= 11 is 5.05. The Balaban J connectivity index is 1.70. The van der Waals surface area contributed by atoms with E-state index in [-0.39, 0.29) is 5.91 Å². The predicted octanol–water partition coefficient (Wildman–Crippen LogP) is 2.94. The molecule has 1 heterocycles. The topological polar surface area (TPSA) is 54.1 Å². The Morgan fingerprint density at radius 3 is 2.75 bits per heavy atom. The van der Waals surface area contributed by atoms with Gasteiger partial charge in [0.05, 0.1) is 12.2 Å². The standard InChI is InChI=1S/C15H16N2O2S/c18-14(13-8-4-9-17-15(13)20)16-10-5-11-19-12-6-2-1-3-7-12/h1-4,6-9H,5,10-11H2,(H,16,18)(H,17,20). The van der Waals surface area contributed by atoms with E-state index in [1.807, 2.05) is 30.3 Å². The lowest BCUT2D eigenvalue weighted by Gasteiger charge is -2.07. The Labute approximate surface area is 122 Å². The Hall–Kier alpha value is -2.14. The molecule has 1 aromatic heterocycles. The van der Waals surface area contributed by atoms with Gasteiger partial charge in [0.1, 0.15) is 10.4 Å². The molecule has 0 saturated heterocycles. The summed E-state index contributed by atoms with van der Waals surface area (Å²) in [5.74, 6) is 0.677. The first kappa shape index (κ1) is 14.3. The van der Waals surface area contributed by atoms with Crippen LogP contribution in [0.15, 0.2) is 48.7 Å². The van der Waals surface area contributed by atoms with Gasteiger partial charge in [-0.05, 0) is 30.7 Å². The highest BCUT2D eigenvalue weighted by Crippen LogP contribution is 2.08. The maximum atomic E-state index is 11.9. The van der Waals surface area contributed by atoms with Crippen molar-refractivity contribution in [1.82, 2.24) is 10.3 Å². The molecule has 0 aliphatic rings. The van der Waals surface area contributed by atoms with Crippen LogP contribution in [0.3, 0.4) is 0 Å². The van der Waals surface area contributed by atoms with Gasteiger partial charge in [-0.1, -0.05) is 30.4 Å². The van der Waals surface area contributed by atoms with Crippen LogP contribution in [0.5, 0.6) is 5.75 Å². The summed E-state index contributed by atoms with van der Waals surface area (Å²) in [7, 11) is 0. The number of carbonyl (C=O) groups excluding carboxylic acids is 1. The van der Waals surface area contributed by atoms with Crippen LogP contribution < -0.4 is 10.1 Å². The fraction of sp³-hybridized carbons (Fsp3) is 0.200. The van der Waals surface area contributed by atoms with Gasteiger partial charge in [-0.3, -0.25) is 4.79 Å². The van der Waals surface area contributed by atoms with Gasteiger partial charge in [0, 0.05) is 12.7 Å². The lowest BCUT2D eigenvalue weighted by atomic mass is 10.2. The summed E-state index contributed by atoms with van der Waals surface area (Å²) in [5, 5.41) is 2.82. The molecule has 0 atom stereocenters. The molecule has 2 rings (SSSR count). The Bertz CT molecular complexity index is 611. The van der Waals surface area contributed by atoms with Crippen LogP contribution in [-0.2, 0) is 0 Å². The molecular weight excluding hydrogens is 272 g/mol. The molecule has 5 heteroatoms. The summed E-state index contributed by atoms with van der Waals surface area (Å²) in [6.07, 6.45) is 2.44. The van der Waals surface area contributed by atoms with E-state index in [2.05, 4.69) is 10.3 Å². The number of pyridine rings is 1. The second kappa shape index (κ2) is 7.45. The van der Waals surface area contributed by atoms with E-state index in [1.54, 1.807) is 18.3 Å². The molecule has 2 aromatic rings. The van der Waals surface area contributed by atoms with E-state index >= 15 is 0 Å². The van der Waals surface area contributed by atoms with Crippen molar-refractivity contribution in [2.24, 2.45) is 0 Å². The van der Waals surface area contributed by atoms with E-state index in [1.165, 1.54) is 0 Å². The van der Waals surface area contributed by atoms with Gasteiger partial charge in [-0.15, -0.1) is 0 Å². The molecule has 20 heavy (non-hydrogen) atoms. The first-order valence-corrected chi connectivity index (χ1v) is 6.82. The predicted molar refractivity (Wildman–Crippen MR) is 80.5 cm³/mol. The summed E-state index contributed by atoms with van der Waals surface area (Å²) in [4.78, 5) is 14.7. The molecule has 1 amide bonds. The highest BCUT2D eigenvalue weighted by Gasteiger charge is 2.05. The molecule has 2 N–H and O–H groups in total. The van der Waals surface area contributed by atoms with Crippen LogP contribution in [0.25, 0.3) is 0 Å². The minimum Gasteiger partial charge on any atom is -0.494 e. The molecular formula is C15H16N2O2S. The van der Waals surface area contributed by atoms with Crippen LogP contribution >= 0.6 is 12.2 Å². The molecule has 4 nitrogen and oxygen atoms in total. The third-order valence-electron chi connectivity index (χ3n) is 2.68. The van der Waals surface area contributed by atoms with Crippen LogP contribution in [0, 0.1) is 4.64 Å². The average Bonchev–Trinajstić information content (AvgIpc) is 2.48. The Morgan fingerprint density at radius 1 is 1.20 bits per heavy atom. The molecule has 1 aromatic carbocycles. The zero-order valence-corrected chi connectivity index (χ0v) is 11.8. The van der Waals surface area contributed by atoms with Gasteiger partial charge >= 0.3 is 0 Å². The lowest BCUT2D eigenvalue weighted by Crippen LogP contribution is -2.26. The number of hydrogen-bond donors (Lipinski definition) is 2. The van der Waals surface area contributed by atoms with Gasteiger partial charge in [0.25, 0.3) is 5.91 Å². The van der Waals surface area contributed by atoms with Crippen LogP contribution in [0.1, 0.15) is 16.8 Å². The number of carbonyl (C=O) groups is 1. The maximum absolute atomic E-state index is 11.9. The van der Waals surface area contributed by atoms with Crippen molar-refractivity contribution >= 4 is 18.1 Å². The van der Waals surface area contributed by atoms with E-state index < -0.39 is 0 Å². The summed E-state index contributed by atoms with van der Waals surface area (Å²) in [6, 6.07) is 13.1. The van der Waals surface area contributed by atoms with Crippen molar-refractivity contribution < 1.29 is 9.53 Å². The highest BCUT2D eigenvalue weighted by molar-refractivity contribution is 7.71. The smallest absolute Gasteiger partial charge is 0.254 e. The van der Waals surface area contributed by atoms with Gasteiger partial charge in [0.2, 0.25) is 0 Å². The monoisotopic (exact) mass is 288 g/mol. The highest BCUT2D eigenvalue weighted by atomic mass is 32.1. The summed E-state index contributed by atoms with van der Waals surface area (Å²) < 4.78 is 5.99. The number of hydrogen-bond acceptors (Lipinski definition) is 3. The molecule has 0 spiro atoms. The maximum Gasteiger partial charge on any atom is 0.254 e. The van der Waals surface area contributed by atoms with E-state index in [0.29, 0.717) is 23.4 Å². The number of benzene rings is 1. The van der Waals surface area contributed by atoms with Crippen molar-refractivity contribution in [2.45, 2.75) is 6.42 Å².